The van der Waals surface area contributed by atoms with Crippen LogP contribution in [0.25, 0.3) is 0 Å². The van der Waals surface area contributed by atoms with Gasteiger partial charge >= 0.3 is 0 Å². The summed E-state index contributed by atoms with van der Waals surface area (Å²) in [5, 5.41) is 3.38. The minimum absolute atomic E-state index is 0.0593. The smallest absolute Gasteiger partial charge is 0.128 e. The first-order valence-electron chi connectivity index (χ1n) is 6.52. The van der Waals surface area contributed by atoms with Gasteiger partial charge in [0, 0.05) is 11.7 Å². The van der Waals surface area contributed by atoms with Gasteiger partial charge in [-0.3, -0.25) is 0 Å². The second kappa shape index (κ2) is 4.67. The molecule has 3 N–H and O–H groups in total. The van der Waals surface area contributed by atoms with E-state index >= 15 is 0 Å². The highest BCUT2D eigenvalue weighted by atomic mass is 19.1. The normalized spacial score (nSPS) is 21.2. The molecule has 0 saturated heterocycles. The van der Waals surface area contributed by atoms with Crippen molar-refractivity contribution in [2.45, 2.75) is 25.4 Å². The molecule has 19 heavy (non-hydrogen) atoms. The lowest BCUT2D eigenvalue weighted by atomic mass is 10.1. The number of aryl methyl sites for hydroxylation is 1. The highest BCUT2D eigenvalue weighted by Gasteiger charge is 2.27. The van der Waals surface area contributed by atoms with Crippen LogP contribution in [-0.2, 0) is 0 Å². The van der Waals surface area contributed by atoms with E-state index in [1.165, 1.54) is 11.1 Å². The molecular weight excluding hydrogens is 239 g/mol. The Bertz CT molecular complexity index is 609. The molecule has 1 aliphatic carbocycles. The van der Waals surface area contributed by atoms with Gasteiger partial charge in [-0.15, -0.1) is 0 Å². The van der Waals surface area contributed by atoms with Gasteiger partial charge in [0.05, 0.1) is 6.04 Å². The van der Waals surface area contributed by atoms with Crippen LogP contribution >= 0.6 is 0 Å². The summed E-state index contributed by atoms with van der Waals surface area (Å²) in [4.78, 5) is 0. The van der Waals surface area contributed by atoms with Crippen LogP contribution in [0.15, 0.2) is 42.5 Å². The molecule has 3 rings (SSSR count). The van der Waals surface area contributed by atoms with Gasteiger partial charge in [0.25, 0.3) is 0 Å². The zero-order valence-electron chi connectivity index (χ0n) is 10.9. The molecule has 0 aliphatic heterocycles. The van der Waals surface area contributed by atoms with Crippen LogP contribution in [0.3, 0.4) is 0 Å². The van der Waals surface area contributed by atoms with E-state index < -0.39 is 0 Å². The monoisotopic (exact) mass is 256 g/mol. The van der Waals surface area contributed by atoms with E-state index in [9.17, 15) is 4.39 Å². The molecule has 1 aliphatic rings. The summed E-state index contributed by atoms with van der Waals surface area (Å²) in [6.45, 7) is 1.76. The number of anilines is 1. The molecule has 0 heterocycles. The molecule has 2 atom stereocenters. The highest BCUT2D eigenvalue weighted by molar-refractivity contribution is 5.50. The van der Waals surface area contributed by atoms with Crippen LogP contribution < -0.4 is 11.1 Å². The number of rotatable bonds is 2. The van der Waals surface area contributed by atoms with Gasteiger partial charge in [0.15, 0.2) is 0 Å². The summed E-state index contributed by atoms with van der Waals surface area (Å²) >= 11 is 0. The largest absolute Gasteiger partial charge is 0.378 e. The van der Waals surface area contributed by atoms with Crippen molar-refractivity contribution >= 4 is 5.69 Å². The molecule has 0 spiro atoms. The minimum atomic E-state index is -0.180. The summed E-state index contributed by atoms with van der Waals surface area (Å²) in [6, 6.07) is 13.6. The van der Waals surface area contributed by atoms with Crippen LogP contribution in [-0.4, -0.2) is 0 Å². The van der Waals surface area contributed by atoms with Gasteiger partial charge in [0.1, 0.15) is 5.82 Å². The molecule has 0 aromatic heterocycles. The Balaban J connectivity index is 1.87. The Hall–Kier alpha value is -1.87. The topological polar surface area (TPSA) is 38.0 Å². The van der Waals surface area contributed by atoms with Crippen molar-refractivity contribution in [3.05, 3.63) is 65.0 Å². The maximum absolute atomic E-state index is 13.6. The molecule has 2 aromatic carbocycles. The van der Waals surface area contributed by atoms with E-state index in [2.05, 4.69) is 17.4 Å². The number of nitrogens with two attached hydrogens (primary N) is 1. The van der Waals surface area contributed by atoms with Gasteiger partial charge in [0.2, 0.25) is 0 Å². The van der Waals surface area contributed by atoms with Gasteiger partial charge < -0.3 is 11.1 Å². The number of hydrogen-bond donors (Lipinski definition) is 2. The Morgan fingerprint density at radius 2 is 1.89 bits per heavy atom. The van der Waals surface area contributed by atoms with E-state index in [1.807, 2.05) is 18.2 Å². The van der Waals surface area contributed by atoms with E-state index in [0.717, 1.165) is 12.1 Å². The van der Waals surface area contributed by atoms with Crippen LogP contribution in [0.2, 0.25) is 0 Å². The Morgan fingerprint density at radius 1 is 1.16 bits per heavy atom. The van der Waals surface area contributed by atoms with Crippen molar-refractivity contribution in [3.63, 3.8) is 0 Å². The fourth-order valence-corrected chi connectivity index (χ4v) is 2.69. The van der Waals surface area contributed by atoms with Crippen LogP contribution in [0, 0.1) is 12.7 Å². The molecule has 0 radical (unpaired) electrons. The first-order valence-corrected chi connectivity index (χ1v) is 6.52. The number of fused-ring (bicyclic) bond motifs is 1. The molecule has 0 amide bonds. The third-order valence-electron chi connectivity index (χ3n) is 3.77. The number of benzene rings is 2. The molecule has 2 aromatic rings. The van der Waals surface area contributed by atoms with Gasteiger partial charge in [-0.1, -0.05) is 30.3 Å². The first kappa shape index (κ1) is 12.2. The predicted octanol–water partition coefficient (Wildman–Crippen LogP) is 3.69. The van der Waals surface area contributed by atoms with Crippen LogP contribution in [0.4, 0.5) is 10.1 Å². The third-order valence-corrected chi connectivity index (χ3v) is 3.77. The lowest BCUT2D eigenvalue weighted by Crippen LogP contribution is -2.10. The summed E-state index contributed by atoms with van der Waals surface area (Å²) in [7, 11) is 0. The lowest BCUT2D eigenvalue weighted by Gasteiger charge is -2.16. The van der Waals surface area contributed by atoms with Crippen molar-refractivity contribution in [2.75, 3.05) is 5.32 Å². The highest BCUT2D eigenvalue weighted by Crippen LogP contribution is 2.39. The Morgan fingerprint density at radius 3 is 2.63 bits per heavy atom. The standard InChI is InChI=1S/C16H17FN2/c1-10-6-7-11(8-14(10)17)19-16-9-15(18)12-4-2-3-5-13(12)16/h2-8,15-16,19H,9,18H2,1H3. The summed E-state index contributed by atoms with van der Waals surface area (Å²) in [5.41, 5.74) is 10.0. The van der Waals surface area contributed by atoms with Crippen LogP contribution in [0.5, 0.6) is 0 Å². The van der Waals surface area contributed by atoms with Gasteiger partial charge in [-0.2, -0.15) is 0 Å². The predicted molar refractivity (Wildman–Crippen MR) is 75.5 cm³/mol. The molecular formula is C16H17FN2. The van der Waals surface area contributed by atoms with E-state index in [1.54, 1.807) is 19.1 Å². The third kappa shape index (κ3) is 2.22. The van der Waals surface area contributed by atoms with Crippen molar-refractivity contribution < 1.29 is 4.39 Å². The fraction of sp³-hybridized carbons (Fsp3) is 0.250. The van der Waals surface area contributed by atoms with E-state index in [4.69, 9.17) is 5.73 Å². The summed E-state index contributed by atoms with van der Waals surface area (Å²) in [5.74, 6) is -0.180. The van der Waals surface area contributed by atoms with E-state index in [0.29, 0.717) is 5.56 Å². The summed E-state index contributed by atoms with van der Waals surface area (Å²) < 4.78 is 13.6. The Labute approximate surface area is 112 Å². The quantitative estimate of drug-likeness (QED) is 0.860. The van der Waals surface area contributed by atoms with Crippen molar-refractivity contribution in [2.24, 2.45) is 5.73 Å². The lowest BCUT2D eigenvalue weighted by molar-refractivity contribution is 0.616. The van der Waals surface area contributed by atoms with Gasteiger partial charge in [-0.05, 0) is 42.2 Å². The average molecular weight is 256 g/mol. The van der Waals surface area contributed by atoms with Crippen molar-refractivity contribution in [1.82, 2.24) is 0 Å². The maximum atomic E-state index is 13.6. The van der Waals surface area contributed by atoms with Crippen molar-refractivity contribution in [1.29, 1.82) is 0 Å². The number of hydrogen-bond acceptors (Lipinski definition) is 2. The molecule has 0 saturated carbocycles. The van der Waals surface area contributed by atoms with Gasteiger partial charge in [-0.25, -0.2) is 4.39 Å². The zero-order chi connectivity index (χ0) is 13.4. The van der Waals surface area contributed by atoms with Crippen LogP contribution in [0.1, 0.15) is 35.2 Å². The number of halogens is 1. The summed E-state index contributed by atoms with van der Waals surface area (Å²) in [6.07, 6.45) is 0.842. The second-order valence-electron chi connectivity index (χ2n) is 5.13. The zero-order valence-corrected chi connectivity index (χ0v) is 10.9. The molecule has 0 fully saturated rings. The SMILES string of the molecule is Cc1ccc(NC2CC(N)c3ccccc32)cc1F. The number of nitrogens with one attached hydrogen (secondary N) is 1. The minimum Gasteiger partial charge on any atom is -0.378 e. The second-order valence-corrected chi connectivity index (χ2v) is 5.13. The molecule has 98 valence electrons. The fourth-order valence-electron chi connectivity index (χ4n) is 2.69. The first-order chi connectivity index (χ1) is 9.15. The average Bonchev–Trinajstić information content (AvgIpc) is 2.72. The van der Waals surface area contributed by atoms with Crippen molar-refractivity contribution in [3.8, 4) is 0 Å². The molecule has 2 unspecified atom stereocenters. The Kier molecular flexibility index (Phi) is 2.99. The molecule has 3 heteroatoms. The maximum Gasteiger partial charge on any atom is 0.128 e. The molecule has 2 nitrogen and oxygen atoms in total. The van der Waals surface area contributed by atoms with E-state index in [-0.39, 0.29) is 17.9 Å². The molecule has 0 bridgehead atoms.